The molecule has 3 N–H and O–H groups in total. The van der Waals surface area contributed by atoms with E-state index in [1.54, 1.807) is 0 Å². The van der Waals surface area contributed by atoms with Crippen LogP contribution >= 0.6 is 0 Å². The Morgan fingerprint density at radius 2 is 1.76 bits per heavy atom. The Labute approximate surface area is 103 Å². The molecule has 92 valence electrons. The fourth-order valence-electron chi connectivity index (χ4n) is 2.87. The second-order valence-electron chi connectivity index (χ2n) is 5.65. The predicted octanol–water partition coefficient (Wildman–Crippen LogP) is 2.51. The van der Waals surface area contributed by atoms with E-state index in [0.29, 0.717) is 12.5 Å². The first kappa shape index (κ1) is 11.2. The first-order valence-electron chi connectivity index (χ1n) is 6.77. The van der Waals surface area contributed by atoms with Gasteiger partial charge in [-0.25, -0.2) is 0 Å². The van der Waals surface area contributed by atoms with Gasteiger partial charge >= 0.3 is 0 Å². The van der Waals surface area contributed by atoms with Gasteiger partial charge in [0.15, 0.2) is 0 Å². The van der Waals surface area contributed by atoms with E-state index in [-0.39, 0.29) is 0 Å². The van der Waals surface area contributed by atoms with E-state index in [2.05, 4.69) is 24.3 Å². The van der Waals surface area contributed by atoms with E-state index >= 15 is 0 Å². The summed E-state index contributed by atoms with van der Waals surface area (Å²) in [6, 6.07) is 8.53. The summed E-state index contributed by atoms with van der Waals surface area (Å²) in [6.07, 6.45) is 6.23. The van der Waals surface area contributed by atoms with Crippen molar-refractivity contribution in [3.05, 3.63) is 35.4 Å². The molecule has 1 unspecified atom stereocenters. The predicted molar refractivity (Wildman–Crippen MR) is 68.7 cm³/mol. The van der Waals surface area contributed by atoms with Gasteiger partial charge in [0, 0.05) is 6.54 Å². The van der Waals surface area contributed by atoms with E-state index in [1.807, 2.05) is 0 Å². The molecule has 0 aromatic heterocycles. The highest BCUT2D eigenvalue weighted by Crippen LogP contribution is 2.45. The van der Waals surface area contributed by atoms with Crippen molar-refractivity contribution in [1.82, 2.24) is 0 Å². The normalized spacial score (nSPS) is 24.1. The number of aliphatic hydroxyl groups is 1. The third-order valence-electron chi connectivity index (χ3n) is 4.55. The molecule has 17 heavy (non-hydrogen) atoms. The monoisotopic (exact) mass is 231 g/mol. The summed E-state index contributed by atoms with van der Waals surface area (Å²) in [4.78, 5) is 0. The molecule has 2 aliphatic rings. The van der Waals surface area contributed by atoms with Crippen molar-refractivity contribution in [3.8, 4) is 0 Å². The first-order valence-corrected chi connectivity index (χ1v) is 6.77. The standard InChI is InChI=1S/C15H21NO/c16-10-15(17,14-8-9-14)13-6-4-12(5-7-13)11-2-1-3-11/h4-7,11,14,17H,1-3,8-10,16H2. The van der Waals surface area contributed by atoms with Crippen molar-refractivity contribution in [2.24, 2.45) is 11.7 Å². The van der Waals surface area contributed by atoms with Gasteiger partial charge in [-0.3, -0.25) is 0 Å². The maximum atomic E-state index is 10.6. The van der Waals surface area contributed by atoms with Crippen LogP contribution in [0, 0.1) is 5.92 Å². The van der Waals surface area contributed by atoms with E-state index in [4.69, 9.17) is 5.73 Å². The lowest BCUT2D eigenvalue weighted by Gasteiger charge is -2.29. The summed E-state index contributed by atoms with van der Waals surface area (Å²) in [5.41, 5.74) is 7.42. The van der Waals surface area contributed by atoms with Gasteiger partial charge < -0.3 is 10.8 Å². The van der Waals surface area contributed by atoms with Crippen LogP contribution < -0.4 is 5.73 Å². The van der Waals surface area contributed by atoms with E-state index < -0.39 is 5.60 Å². The van der Waals surface area contributed by atoms with Crippen molar-refractivity contribution in [2.45, 2.75) is 43.6 Å². The molecule has 0 bridgehead atoms. The Kier molecular flexibility index (Phi) is 2.72. The van der Waals surface area contributed by atoms with Gasteiger partial charge in [0.1, 0.15) is 5.60 Å². The quantitative estimate of drug-likeness (QED) is 0.836. The average molecular weight is 231 g/mol. The third-order valence-corrected chi connectivity index (χ3v) is 4.55. The van der Waals surface area contributed by atoms with Crippen LogP contribution in [0.1, 0.15) is 49.1 Å². The molecule has 0 saturated heterocycles. The second-order valence-corrected chi connectivity index (χ2v) is 5.65. The molecule has 2 saturated carbocycles. The highest BCUT2D eigenvalue weighted by Gasteiger charge is 2.44. The topological polar surface area (TPSA) is 46.2 Å². The zero-order valence-corrected chi connectivity index (χ0v) is 10.2. The fraction of sp³-hybridized carbons (Fsp3) is 0.600. The molecular weight excluding hydrogens is 210 g/mol. The Hall–Kier alpha value is -0.860. The van der Waals surface area contributed by atoms with Crippen LogP contribution in [0.2, 0.25) is 0 Å². The Bertz CT molecular complexity index is 392. The summed E-state index contributed by atoms with van der Waals surface area (Å²) < 4.78 is 0. The van der Waals surface area contributed by atoms with Crippen LogP contribution in [0.15, 0.2) is 24.3 Å². The average Bonchev–Trinajstić information content (AvgIpc) is 3.11. The van der Waals surface area contributed by atoms with E-state index in [9.17, 15) is 5.11 Å². The lowest BCUT2D eigenvalue weighted by molar-refractivity contribution is 0.0222. The molecule has 0 amide bonds. The zero-order valence-electron chi connectivity index (χ0n) is 10.2. The highest BCUT2D eigenvalue weighted by atomic mass is 16.3. The lowest BCUT2D eigenvalue weighted by Crippen LogP contribution is -2.37. The molecule has 2 nitrogen and oxygen atoms in total. The molecule has 2 heteroatoms. The van der Waals surface area contributed by atoms with Gasteiger partial charge in [-0.15, -0.1) is 0 Å². The minimum absolute atomic E-state index is 0.334. The first-order chi connectivity index (χ1) is 8.24. The third kappa shape index (κ3) is 1.90. The fourth-order valence-corrected chi connectivity index (χ4v) is 2.87. The molecule has 0 heterocycles. The van der Waals surface area contributed by atoms with Crippen LogP contribution in [-0.2, 0) is 5.60 Å². The smallest absolute Gasteiger partial charge is 0.105 e. The van der Waals surface area contributed by atoms with Gasteiger partial charge in [0.05, 0.1) is 0 Å². The summed E-state index contributed by atoms with van der Waals surface area (Å²) >= 11 is 0. The molecule has 1 atom stereocenters. The minimum atomic E-state index is -0.780. The van der Waals surface area contributed by atoms with Gasteiger partial charge in [-0.2, -0.15) is 0 Å². The summed E-state index contributed by atoms with van der Waals surface area (Å²) in [7, 11) is 0. The zero-order chi connectivity index (χ0) is 11.9. The summed E-state index contributed by atoms with van der Waals surface area (Å²) in [5, 5.41) is 10.6. The van der Waals surface area contributed by atoms with Crippen LogP contribution in [0.25, 0.3) is 0 Å². The highest BCUT2D eigenvalue weighted by molar-refractivity contribution is 5.31. The van der Waals surface area contributed by atoms with Crippen LogP contribution in [0.3, 0.4) is 0 Å². The number of benzene rings is 1. The van der Waals surface area contributed by atoms with Gasteiger partial charge in [0.25, 0.3) is 0 Å². The Morgan fingerprint density at radius 3 is 2.18 bits per heavy atom. The van der Waals surface area contributed by atoms with Gasteiger partial charge in [0.2, 0.25) is 0 Å². The molecule has 0 aliphatic heterocycles. The summed E-state index contributed by atoms with van der Waals surface area (Å²) in [6.45, 7) is 0.334. The number of hydrogen-bond acceptors (Lipinski definition) is 2. The molecule has 3 rings (SSSR count). The number of hydrogen-bond donors (Lipinski definition) is 2. The molecule has 1 aromatic rings. The van der Waals surface area contributed by atoms with Gasteiger partial charge in [-0.05, 0) is 48.6 Å². The minimum Gasteiger partial charge on any atom is -0.384 e. The van der Waals surface area contributed by atoms with Gasteiger partial charge in [-0.1, -0.05) is 30.7 Å². The van der Waals surface area contributed by atoms with Crippen molar-refractivity contribution in [1.29, 1.82) is 0 Å². The maximum Gasteiger partial charge on any atom is 0.105 e. The van der Waals surface area contributed by atoms with Crippen LogP contribution in [0.4, 0.5) is 0 Å². The molecule has 1 aromatic carbocycles. The van der Waals surface area contributed by atoms with Crippen molar-refractivity contribution >= 4 is 0 Å². The van der Waals surface area contributed by atoms with Crippen molar-refractivity contribution in [3.63, 3.8) is 0 Å². The molecule has 0 spiro atoms. The summed E-state index contributed by atoms with van der Waals surface area (Å²) in [5.74, 6) is 1.14. The molecule has 2 aliphatic carbocycles. The van der Waals surface area contributed by atoms with E-state index in [0.717, 1.165) is 24.3 Å². The SMILES string of the molecule is NCC(O)(c1ccc(C2CCC2)cc1)C1CC1. The van der Waals surface area contributed by atoms with Crippen LogP contribution in [-0.4, -0.2) is 11.7 Å². The Balaban J connectivity index is 1.82. The lowest BCUT2D eigenvalue weighted by atomic mass is 9.79. The molecular formula is C15H21NO. The van der Waals surface area contributed by atoms with E-state index in [1.165, 1.54) is 24.8 Å². The maximum absolute atomic E-state index is 10.6. The van der Waals surface area contributed by atoms with Crippen LogP contribution in [0.5, 0.6) is 0 Å². The number of rotatable bonds is 4. The van der Waals surface area contributed by atoms with Crippen molar-refractivity contribution < 1.29 is 5.11 Å². The second kappa shape index (κ2) is 4.11. The number of nitrogens with two attached hydrogens (primary N) is 1. The Morgan fingerprint density at radius 1 is 1.12 bits per heavy atom. The van der Waals surface area contributed by atoms with Crippen molar-refractivity contribution in [2.75, 3.05) is 6.54 Å². The molecule has 0 radical (unpaired) electrons. The largest absolute Gasteiger partial charge is 0.384 e. The molecule has 2 fully saturated rings.